The highest BCUT2D eigenvalue weighted by Crippen LogP contribution is 2.14. The number of hydrogen-bond donors (Lipinski definition) is 1. The summed E-state index contributed by atoms with van der Waals surface area (Å²) >= 11 is 3.32. The van der Waals surface area contributed by atoms with E-state index in [2.05, 4.69) is 25.9 Å². The Balaban J connectivity index is 2.94. The van der Waals surface area contributed by atoms with E-state index in [1.807, 2.05) is 4.40 Å². The molecular formula is C6H5BrN4. The minimum atomic E-state index is 0.443. The molecule has 0 amide bonds. The van der Waals surface area contributed by atoms with Gasteiger partial charge in [0.1, 0.15) is 4.60 Å². The van der Waals surface area contributed by atoms with Crippen molar-refractivity contribution < 1.29 is 0 Å². The number of halogens is 1. The van der Waals surface area contributed by atoms with Crippen molar-refractivity contribution >= 4 is 27.4 Å². The van der Waals surface area contributed by atoms with Crippen molar-refractivity contribution in [1.29, 1.82) is 0 Å². The second-order valence-corrected chi connectivity index (χ2v) is 2.90. The van der Waals surface area contributed by atoms with Crippen molar-refractivity contribution in [1.82, 2.24) is 14.4 Å². The molecule has 0 radical (unpaired) electrons. The predicted octanol–water partition coefficient (Wildman–Crippen LogP) is 1.07. The maximum absolute atomic E-state index is 5.55. The Bertz CT molecular complexity index is 394. The van der Waals surface area contributed by atoms with Crippen LogP contribution in [0, 0.1) is 0 Å². The molecule has 2 heterocycles. The fourth-order valence-corrected chi connectivity index (χ4v) is 1.30. The molecule has 0 saturated carbocycles. The number of rotatable bonds is 0. The maximum atomic E-state index is 5.55. The number of fused-ring (bicyclic) bond motifs is 1. The fraction of sp³-hybridized carbons (Fsp3) is 0. The van der Waals surface area contributed by atoms with Crippen LogP contribution < -0.4 is 5.73 Å². The van der Waals surface area contributed by atoms with Crippen LogP contribution in [-0.4, -0.2) is 14.4 Å². The zero-order valence-corrected chi connectivity index (χ0v) is 7.12. The predicted molar refractivity (Wildman–Crippen MR) is 45.1 cm³/mol. The molecule has 0 spiro atoms. The summed E-state index contributed by atoms with van der Waals surface area (Å²) in [6.07, 6.45) is 5.12. The molecule has 0 aliphatic carbocycles. The van der Waals surface area contributed by atoms with Gasteiger partial charge < -0.3 is 5.73 Å². The number of aromatic nitrogens is 3. The van der Waals surface area contributed by atoms with Crippen molar-refractivity contribution in [2.24, 2.45) is 0 Å². The molecule has 4 nitrogen and oxygen atoms in total. The van der Waals surface area contributed by atoms with Gasteiger partial charge in [0.05, 0.1) is 6.20 Å². The van der Waals surface area contributed by atoms with Crippen molar-refractivity contribution in [3.63, 3.8) is 0 Å². The van der Waals surface area contributed by atoms with E-state index in [1.54, 1.807) is 18.6 Å². The molecule has 2 aromatic rings. The first kappa shape index (κ1) is 6.60. The Kier molecular flexibility index (Phi) is 1.32. The zero-order valence-electron chi connectivity index (χ0n) is 5.53. The summed E-state index contributed by atoms with van der Waals surface area (Å²) in [5.41, 5.74) is 6.23. The summed E-state index contributed by atoms with van der Waals surface area (Å²) in [4.78, 5) is 7.94. The number of hydrogen-bond acceptors (Lipinski definition) is 3. The number of imidazole rings is 1. The number of nitrogens with zero attached hydrogens (tertiary/aromatic N) is 3. The average molecular weight is 213 g/mol. The lowest BCUT2D eigenvalue weighted by atomic mass is 10.6. The molecule has 0 aromatic carbocycles. The minimum Gasteiger partial charge on any atom is -0.381 e. The largest absolute Gasteiger partial charge is 0.381 e. The van der Waals surface area contributed by atoms with E-state index in [-0.39, 0.29) is 0 Å². The second-order valence-electron chi connectivity index (χ2n) is 2.09. The van der Waals surface area contributed by atoms with E-state index in [9.17, 15) is 0 Å². The number of nitrogens with two attached hydrogens (primary N) is 1. The molecular weight excluding hydrogens is 208 g/mol. The van der Waals surface area contributed by atoms with Gasteiger partial charge in [-0.1, -0.05) is 0 Å². The van der Waals surface area contributed by atoms with Gasteiger partial charge in [-0.05, 0) is 15.9 Å². The van der Waals surface area contributed by atoms with Gasteiger partial charge in [-0.15, -0.1) is 0 Å². The molecule has 5 heteroatoms. The molecule has 0 atom stereocenters. The van der Waals surface area contributed by atoms with Gasteiger partial charge in [-0.3, -0.25) is 4.40 Å². The number of nitrogen functional groups attached to an aromatic ring is 1. The lowest BCUT2D eigenvalue weighted by Gasteiger charge is -1.95. The molecule has 0 unspecified atom stereocenters. The smallest absolute Gasteiger partial charge is 0.180 e. The first-order chi connectivity index (χ1) is 5.29. The van der Waals surface area contributed by atoms with Crippen LogP contribution in [0.25, 0.3) is 5.65 Å². The first-order valence-electron chi connectivity index (χ1n) is 3.02. The van der Waals surface area contributed by atoms with Gasteiger partial charge in [0.15, 0.2) is 11.5 Å². The zero-order chi connectivity index (χ0) is 7.84. The van der Waals surface area contributed by atoms with E-state index >= 15 is 0 Å². The highest BCUT2D eigenvalue weighted by Gasteiger charge is 2.01. The Labute approximate surface area is 71.2 Å². The third-order valence-corrected chi connectivity index (χ3v) is 2.00. The molecule has 0 aliphatic heterocycles. The van der Waals surface area contributed by atoms with E-state index in [1.165, 1.54) is 0 Å². The monoisotopic (exact) mass is 212 g/mol. The van der Waals surface area contributed by atoms with Crippen LogP contribution >= 0.6 is 15.9 Å². The van der Waals surface area contributed by atoms with Crippen LogP contribution in [0.15, 0.2) is 23.2 Å². The lowest BCUT2D eigenvalue weighted by molar-refractivity contribution is 1.11. The van der Waals surface area contributed by atoms with E-state index in [4.69, 9.17) is 5.73 Å². The van der Waals surface area contributed by atoms with Gasteiger partial charge in [0.25, 0.3) is 0 Å². The SMILES string of the molecule is Nc1nccn2c(Br)cnc12. The van der Waals surface area contributed by atoms with E-state index in [0.717, 1.165) is 4.60 Å². The van der Waals surface area contributed by atoms with Gasteiger partial charge in [0, 0.05) is 12.4 Å². The van der Waals surface area contributed by atoms with Crippen LogP contribution in [0.2, 0.25) is 0 Å². The minimum absolute atomic E-state index is 0.443. The second kappa shape index (κ2) is 2.20. The van der Waals surface area contributed by atoms with Crippen molar-refractivity contribution in [3.8, 4) is 0 Å². The van der Waals surface area contributed by atoms with Crippen LogP contribution in [0.4, 0.5) is 5.82 Å². The summed E-state index contributed by atoms with van der Waals surface area (Å²) in [5.74, 6) is 0.443. The summed E-state index contributed by atoms with van der Waals surface area (Å²) in [6.45, 7) is 0. The molecule has 11 heavy (non-hydrogen) atoms. The third kappa shape index (κ3) is 0.883. The molecule has 56 valence electrons. The summed E-state index contributed by atoms with van der Waals surface area (Å²) in [5, 5.41) is 0. The van der Waals surface area contributed by atoms with E-state index < -0.39 is 0 Å². The normalized spacial score (nSPS) is 10.6. The Morgan fingerprint density at radius 2 is 2.27 bits per heavy atom. The van der Waals surface area contributed by atoms with Crippen LogP contribution in [0.5, 0.6) is 0 Å². The topological polar surface area (TPSA) is 56.2 Å². The Morgan fingerprint density at radius 1 is 1.45 bits per heavy atom. The Morgan fingerprint density at radius 3 is 3.00 bits per heavy atom. The molecule has 0 saturated heterocycles. The quantitative estimate of drug-likeness (QED) is 0.712. The van der Waals surface area contributed by atoms with E-state index in [0.29, 0.717) is 11.5 Å². The molecule has 2 rings (SSSR count). The first-order valence-corrected chi connectivity index (χ1v) is 3.81. The number of anilines is 1. The molecule has 0 fully saturated rings. The highest BCUT2D eigenvalue weighted by molar-refractivity contribution is 9.10. The highest BCUT2D eigenvalue weighted by atomic mass is 79.9. The standard InChI is InChI=1S/C6H5BrN4/c7-4-3-10-6-5(8)9-1-2-11(4)6/h1-3H,(H2,8,9). The van der Waals surface area contributed by atoms with Crippen LogP contribution in [0.1, 0.15) is 0 Å². The fourth-order valence-electron chi connectivity index (χ4n) is 0.909. The van der Waals surface area contributed by atoms with Gasteiger partial charge in [0.2, 0.25) is 0 Å². The van der Waals surface area contributed by atoms with Gasteiger partial charge in [-0.2, -0.15) is 0 Å². The summed E-state index contributed by atoms with van der Waals surface area (Å²) in [6, 6.07) is 0. The van der Waals surface area contributed by atoms with Crippen molar-refractivity contribution in [3.05, 3.63) is 23.2 Å². The summed E-state index contributed by atoms with van der Waals surface area (Å²) in [7, 11) is 0. The lowest BCUT2D eigenvalue weighted by Crippen LogP contribution is -1.95. The third-order valence-electron chi connectivity index (χ3n) is 1.41. The summed E-state index contributed by atoms with van der Waals surface area (Å²) < 4.78 is 2.70. The van der Waals surface area contributed by atoms with Gasteiger partial charge >= 0.3 is 0 Å². The molecule has 2 aromatic heterocycles. The molecule has 0 aliphatic rings. The average Bonchev–Trinajstić information content (AvgIpc) is 2.35. The Hall–Kier alpha value is -1.10. The molecule has 0 bridgehead atoms. The maximum Gasteiger partial charge on any atom is 0.180 e. The van der Waals surface area contributed by atoms with Gasteiger partial charge in [-0.25, -0.2) is 9.97 Å². The van der Waals surface area contributed by atoms with Crippen LogP contribution in [0.3, 0.4) is 0 Å². The van der Waals surface area contributed by atoms with Crippen molar-refractivity contribution in [2.75, 3.05) is 5.73 Å². The van der Waals surface area contributed by atoms with Crippen LogP contribution in [-0.2, 0) is 0 Å². The van der Waals surface area contributed by atoms with Crippen molar-refractivity contribution in [2.45, 2.75) is 0 Å². The molecule has 2 N–H and O–H groups in total.